The van der Waals surface area contributed by atoms with Crippen LogP contribution < -0.4 is 5.32 Å². The molecule has 0 aliphatic heterocycles. The third-order valence-corrected chi connectivity index (χ3v) is 3.99. The Labute approximate surface area is 149 Å². The highest BCUT2D eigenvalue weighted by atomic mass is 16.4. The van der Waals surface area contributed by atoms with Crippen LogP contribution in [0.15, 0.2) is 42.5 Å². The second kappa shape index (κ2) is 10.3. The van der Waals surface area contributed by atoms with Crippen molar-refractivity contribution in [2.75, 3.05) is 5.32 Å². The Balaban J connectivity index is 0.000000316. The lowest BCUT2D eigenvalue weighted by Gasteiger charge is -2.05. The van der Waals surface area contributed by atoms with E-state index in [4.69, 9.17) is 5.11 Å². The Bertz CT molecular complexity index is 695. The van der Waals surface area contributed by atoms with Gasteiger partial charge in [-0.05, 0) is 42.8 Å². The molecular weight excluding hydrogens is 312 g/mol. The van der Waals surface area contributed by atoms with Gasteiger partial charge < -0.3 is 5.11 Å². The number of aromatic nitrogens is 1. The molecular formula is C21H26N2O2. The Morgan fingerprint density at radius 1 is 1.00 bits per heavy atom. The van der Waals surface area contributed by atoms with E-state index in [1.165, 1.54) is 38.5 Å². The van der Waals surface area contributed by atoms with E-state index < -0.39 is 6.09 Å². The molecule has 2 N–H and O–H groups in total. The summed E-state index contributed by atoms with van der Waals surface area (Å²) in [7, 11) is 0. The van der Waals surface area contributed by atoms with Crippen LogP contribution in [0.3, 0.4) is 0 Å². The van der Waals surface area contributed by atoms with Crippen LogP contribution in [0.5, 0.6) is 0 Å². The summed E-state index contributed by atoms with van der Waals surface area (Å²) < 4.78 is 0. The number of hydrogen-bond donors (Lipinski definition) is 2. The molecule has 1 fully saturated rings. The normalized spacial score (nSPS) is 13.8. The highest BCUT2D eigenvalue weighted by Gasteiger charge is 1.98. The molecule has 1 amide bonds. The number of aryl methyl sites for hydroxylation is 1. The Hall–Kier alpha value is -2.62. The maximum atomic E-state index is 10.6. The van der Waals surface area contributed by atoms with Crippen molar-refractivity contribution in [3.63, 3.8) is 0 Å². The molecule has 3 rings (SSSR count). The van der Waals surface area contributed by atoms with Gasteiger partial charge in [-0.15, -0.1) is 0 Å². The number of nitrogens with zero attached hydrogens (tertiary/aromatic N) is 1. The first-order valence-electron chi connectivity index (χ1n) is 8.85. The van der Waals surface area contributed by atoms with Crippen molar-refractivity contribution in [3.05, 3.63) is 59.4 Å². The lowest BCUT2D eigenvalue weighted by atomic mass is 10.0. The van der Waals surface area contributed by atoms with Gasteiger partial charge >= 0.3 is 6.09 Å². The SMILES string of the molecule is C1CCCCC1.Cc1cccc(C=Cc2cccc(NC(=O)O)c2)n1. The van der Waals surface area contributed by atoms with Gasteiger partial charge in [0.25, 0.3) is 0 Å². The number of rotatable bonds is 3. The minimum atomic E-state index is -1.07. The van der Waals surface area contributed by atoms with Gasteiger partial charge in [0.05, 0.1) is 5.69 Å². The fraction of sp³-hybridized carbons (Fsp3) is 0.333. The number of amides is 1. The summed E-state index contributed by atoms with van der Waals surface area (Å²) in [5, 5.41) is 11.0. The zero-order valence-corrected chi connectivity index (χ0v) is 14.7. The minimum absolute atomic E-state index is 0.548. The predicted molar refractivity (Wildman–Crippen MR) is 104 cm³/mol. The fourth-order valence-electron chi connectivity index (χ4n) is 2.74. The number of benzene rings is 1. The molecule has 1 saturated carbocycles. The predicted octanol–water partition coefficient (Wildman–Crippen LogP) is 5.99. The maximum Gasteiger partial charge on any atom is 0.409 e. The number of pyridine rings is 1. The van der Waals surface area contributed by atoms with Crippen LogP contribution in [0.25, 0.3) is 12.2 Å². The van der Waals surface area contributed by atoms with Crippen molar-refractivity contribution in [1.82, 2.24) is 4.98 Å². The molecule has 1 aliphatic rings. The molecule has 4 nitrogen and oxygen atoms in total. The van der Waals surface area contributed by atoms with E-state index >= 15 is 0 Å². The fourth-order valence-corrected chi connectivity index (χ4v) is 2.74. The molecule has 2 aromatic rings. The molecule has 0 spiro atoms. The summed E-state index contributed by atoms with van der Waals surface area (Å²) >= 11 is 0. The molecule has 4 heteroatoms. The quantitative estimate of drug-likeness (QED) is 0.722. The van der Waals surface area contributed by atoms with Crippen LogP contribution in [-0.2, 0) is 0 Å². The molecule has 1 heterocycles. The van der Waals surface area contributed by atoms with Crippen LogP contribution in [0.1, 0.15) is 55.5 Å². The largest absolute Gasteiger partial charge is 0.465 e. The third kappa shape index (κ3) is 7.66. The second-order valence-electron chi connectivity index (χ2n) is 6.21. The highest BCUT2D eigenvalue weighted by molar-refractivity contribution is 5.83. The van der Waals surface area contributed by atoms with Crippen molar-refractivity contribution >= 4 is 23.9 Å². The van der Waals surface area contributed by atoms with Crippen molar-refractivity contribution in [2.45, 2.75) is 45.4 Å². The van der Waals surface area contributed by atoms with E-state index in [0.29, 0.717) is 5.69 Å². The van der Waals surface area contributed by atoms with Gasteiger partial charge in [-0.2, -0.15) is 0 Å². The summed E-state index contributed by atoms with van der Waals surface area (Å²) in [5.74, 6) is 0. The minimum Gasteiger partial charge on any atom is -0.465 e. The summed E-state index contributed by atoms with van der Waals surface area (Å²) in [4.78, 5) is 14.9. The number of carbonyl (C=O) groups is 1. The Morgan fingerprint density at radius 2 is 1.64 bits per heavy atom. The first-order chi connectivity index (χ1) is 12.1. The average molecular weight is 338 g/mol. The molecule has 1 aliphatic carbocycles. The van der Waals surface area contributed by atoms with E-state index in [0.717, 1.165) is 17.0 Å². The van der Waals surface area contributed by atoms with Crippen LogP contribution >= 0.6 is 0 Å². The van der Waals surface area contributed by atoms with Gasteiger partial charge in [-0.3, -0.25) is 10.3 Å². The topological polar surface area (TPSA) is 62.2 Å². The van der Waals surface area contributed by atoms with E-state index in [1.54, 1.807) is 18.2 Å². The van der Waals surface area contributed by atoms with Crippen molar-refractivity contribution in [1.29, 1.82) is 0 Å². The third-order valence-electron chi connectivity index (χ3n) is 3.99. The Morgan fingerprint density at radius 3 is 2.24 bits per heavy atom. The van der Waals surface area contributed by atoms with E-state index in [-0.39, 0.29) is 0 Å². The summed E-state index contributed by atoms with van der Waals surface area (Å²) in [6.07, 6.45) is 11.7. The molecule has 0 atom stereocenters. The molecule has 0 radical (unpaired) electrons. The number of hydrogen-bond acceptors (Lipinski definition) is 2. The molecule has 25 heavy (non-hydrogen) atoms. The van der Waals surface area contributed by atoms with Gasteiger partial charge in [0, 0.05) is 11.4 Å². The van der Waals surface area contributed by atoms with Gasteiger partial charge in [0.15, 0.2) is 0 Å². The van der Waals surface area contributed by atoms with Gasteiger partial charge in [0.1, 0.15) is 0 Å². The van der Waals surface area contributed by atoms with Crippen molar-refractivity contribution in [2.24, 2.45) is 0 Å². The van der Waals surface area contributed by atoms with E-state index in [1.807, 2.05) is 43.3 Å². The van der Waals surface area contributed by atoms with E-state index in [9.17, 15) is 4.79 Å². The number of carboxylic acid groups (broad SMARTS) is 1. The van der Waals surface area contributed by atoms with Crippen molar-refractivity contribution < 1.29 is 9.90 Å². The zero-order chi connectivity index (χ0) is 17.9. The van der Waals surface area contributed by atoms with Crippen molar-refractivity contribution in [3.8, 4) is 0 Å². The maximum absolute atomic E-state index is 10.6. The van der Waals surface area contributed by atoms with Crippen LogP contribution in [0, 0.1) is 6.92 Å². The van der Waals surface area contributed by atoms with Gasteiger partial charge in [0.2, 0.25) is 0 Å². The number of anilines is 1. The molecule has 132 valence electrons. The molecule has 1 aromatic heterocycles. The lowest BCUT2D eigenvalue weighted by molar-refractivity contribution is 0.210. The highest BCUT2D eigenvalue weighted by Crippen LogP contribution is 2.15. The zero-order valence-electron chi connectivity index (χ0n) is 14.7. The second-order valence-corrected chi connectivity index (χ2v) is 6.21. The summed E-state index contributed by atoms with van der Waals surface area (Å²) in [5.41, 5.74) is 3.29. The molecule has 1 aromatic carbocycles. The smallest absolute Gasteiger partial charge is 0.409 e. The van der Waals surface area contributed by atoms with Crippen LogP contribution in [0.2, 0.25) is 0 Å². The summed E-state index contributed by atoms with van der Waals surface area (Å²) in [6, 6.07) is 13.0. The summed E-state index contributed by atoms with van der Waals surface area (Å²) in [6.45, 7) is 1.94. The van der Waals surface area contributed by atoms with Crippen LogP contribution in [-0.4, -0.2) is 16.2 Å². The van der Waals surface area contributed by atoms with Gasteiger partial charge in [-0.1, -0.05) is 62.8 Å². The van der Waals surface area contributed by atoms with Gasteiger partial charge in [-0.25, -0.2) is 4.79 Å². The first-order valence-corrected chi connectivity index (χ1v) is 8.85. The lowest BCUT2D eigenvalue weighted by Crippen LogP contribution is -2.06. The van der Waals surface area contributed by atoms with Crippen LogP contribution in [0.4, 0.5) is 10.5 Å². The molecule has 0 unspecified atom stereocenters. The first kappa shape index (κ1) is 18.7. The molecule has 0 bridgehead atoms. The number of nitrogens with one attached hydrogen (secondary N) is 1. The Kier molecular flexibility index (Phi) is 7.70. The molecule has 0 saturated heterocycles. The average Bonchev–Trinajstić information content (AvgIpc) is 2.62. The van der Waals surface area contributed by atoms with E-state index in [2.05, 4.69) is 10.3 Å². The standard InChI is InChI=1S/C15H14N2O2.C6H12/c1-11-4-2-6-13(16-11)9-8-12-5-3-7-14(10-12)17-15(18)19;1-2-4-6-5-3-1/h2-10,17H,1H3,(H,18,19);1-6H2. The monoisotopic (exact) mass is 338 g/mol.